The SMILES string of the molecule is O=S1(=O)CCCN1C1CCN(Cc2ccc([C@H]3COc4cccnc4O3)cc2)CC1. The van der Waals surface area contributed by atoms with Crippen LogP contribution in [-0.4, -0.2) is 60.6 Å². The Bertz CT molecular complexity index is 988. The van der Waals surface area contributed by atoms with E-state index < -0.39 is 10.0 Å². The molecule has 4 heterocycles. The van der Waals surface area contributed by atoms with E-state index in [9.17, 15) is 8.42 Å². The monoisotopic (exact) mass is 429 g/mol. The number of pyridine rings is 1. The number of likely N-dealkylation sites (tertiary alicyclic amines) is 1. The van der Waals surface area contributed by atoms with Crippen molar-refractivity contribution in [3.8, 4) is 11.6 Å². The second kappa shape index (κ2) is 8.17. The molecule has 7 nitrogen and oxygen atoms in total. The minimum Gasteiger partial charge on any atom is -0.484 e. The standard InChI is InChI=1S/C22H27N3O4S/c26-30(27)14-2-11-25(30)19-8-12-24(13-9-19)15-17-4-6-18(7-5-17)21-16-28-20-3-1-10-23-22(20)29-21/h1,3-7,10,19,21H,2,8-9,11-16H2/t21-/m1/s1. The second-order valence-electron chi connectivity index (χ2n) is 8.25. The third-order valence-electron chi connectivity index (χ3n) is 6.24. The number of rotatable bonds is 4. The van der Waals surface area contributed by atoms with Gasteiger partial charge in [0.2, 0.25) is 10.0 Å². The van der Waals surface area contributed by atoms with Crippen LogP contribution in [0.15, 0.2) is 42.6 Å². The summed E-state index contributed by atoms with van der Waals surface area (Å²) in [6.07, 6.45) is 4.15. The number of piperidine rings is 1. The largest absolute Gasteiger partial charge is 0.484 e. The molecule has 1 atom stereocenters. The van der Waals surface area contributed by atoms with Crippen molar-refractivity contribution >= 4 is 10.0 Å². The Hall–Kier alpha value is -2.16. The highest BCUT2D eigenvalue weighted by Gasteiger charge is 2.36. The van der Waals surface area contributed by atoms with Crippen LogP contribution >= 0.6 is 0 Å². The Labute approximate surface area is 177 Å². The fraction of sp³-hybridized carbons (Fsp3) is 0.500. The van der Waals surface area contributed by atoms with E-state index in [4.69, 9.17) is 9.47 Å². The van der Waals surface area contributed by atoms with Gasteiger partial charge >= 0.3 is 0 Å². The molecule has 160 valence electrons. The lowest BCUT2D eigenvalue weighted by Crippen LogP contribution is -2.45. The summed E-state index contributed by atoms with van der Waals surface area (Å²) in [5.74, 6) is 1.55. The molecule has 0 unspecified atom stereocenters. The Morgan fingerprint density at radius 3 is 2.60 bits per heavy atom. The van der Waals surface area contributed by atoms with Crippen LogP contribution in [0, 0.1) is 0 Å². The number of fused-ring (bicyclic) bond motifs is 1. The zero-order valence-electron chi connectivity index (χ0n) is 16.9. The number of benzene rings is 1. The third-order valence-corrected chi connectivity index (χ3v) is 8.24. The average Bonchev–Trinajstić information content (AvgIpc) is 3.13. The molecule has 30 heavy (non-hydrogen) atoms. The van der Waals surface area contributed by atoms with Crippen LogP contribution in [0.1, 0.15) is 36.5 Å². The lowest BCUT2D eigenvalue weighted by Gasteiger charge is -2.35. The predicted octanol–water partition coefficient (Wildman–Crippen LogP) is 2.59. The van der Waals surface area contributed by atoms with Gasteiger partial charge in [-0.1, -0.05) is 24.3 Å². The Balaban J connectivity index is 1.16. The molecule has 0 saturated carbocycles. The number of nitrogens with zero attached hydrogens (tertiary/aromatic N) is 3. The maximum atomic E-state index is 12.2. The molecule has 0 N–H and O–H groups in total. The van der Waals surface area contributed by atoms with Gasteiger partial charge in [-0.25, -0.2) is 13.4 Å². The van der Waals surface area contributed by atoms with Crippen LogP contribution in [-0.2, 0) is 16.6 Å². The van der Waals surface area contributed by atoms with Gasteiger partial charge in [0.05, 0.1) is 5.75 Å². The molecule has 0 aliphatic carbocycles. The van der Waals surface area contributed by atoms with Gasteiger partial charge < -0.3 is 9.47 Å². The van der Waals surface area contributed by atoms with Crippen LogP contribution < -0.4 is 9.47 Å². The number of sulfonamides is 1. The van der Waals surface area contributed by atoms with Gasteiger partial charge in [0.1, 0.15) is 6.61 Å². The highest BCUT2D eigenvalue weighted by Crippen LogP contribution is 2.34. The summed E-state index contributed by atoms with van der Waals surface area (Å²) in [4.78, 5) is 6.65. The van der Waals surface area contributed by atoms with Crippen molar-refractivity contribution < 1.29 is 17.9 Å². The number of hydrogen-bond donors (Lipinski definition) is 0. The average molecular weight is 430 g/mol. The maximum absolute atomic E-state index is 12.2. The van der Waals surface area contributed by atoms with E-state index in [1.165, 1.54) is 5.56 Å². The van der Waals surface area contributed by atoms with Crippen molar-refractivity contribution in [2.45, 2.75) is 38.0 Å². The molecule has 2 saturated heterocycles. The Morgan fingerprint density at radius 1 is 1.07 bits per heavy atom. The molecule has 3 aliphatic heterocycles. The van der Waals surface area contributed by atoms with Crippen molar-refractivity contribution in [1.29, 1.82) is 0 Å². The number of hydrogen-bond acceptors (Lipinski definition) is 6. The lowest BCUT2D eigenvalue weighted by atomic mass is 10.0. The topological polar surface area (TPSA) is 72.0 Å². The first-order valence-electron chi connectivity index (χ1n) is 10.6. The summed E-state index contributed by atoms with van der Waals surface area (Å²) in [5.41, 5.74) is 2.33. The molecule has 0 spiro atoms. The quantitative estimate of drug-likeness (QED) is 0.744. The van der Waals surface area contributed by atoms with Crippen LogP contribution in [0.25, 0.3) is 0 Å². The van der Waals surface area contributed by atoms with Gasteiger partial charge in [0.25, 0.3) is 5.88 Å². The summed E-state index contributed by atoms with van der Waals surface area (Å²) in [5, 5.41) is 0. The molecule has 8 heteroatoms. The normalized spacial score (nSPS) is 24.7. The van der Waals surface area contributed by atoms with E-state index in [1.807, 2.05) is 12.1 Å². The first-order valence-corrected chi connectivity index (χ1v) is 12.2. The first kappa shape index (κ1) is 19.8. The third kappa shape index (κ3) is 4.04. The van der Waals surface area contributed by atoms with Crippen molar-refractivity contribution in [3.63, 3.8) is 0 Å². The lowest BCUT2D eigenvalue weighted by molar-refractivity contribution is 0.0850. The minimum atomic E-state index is -3.01. The van der Waals surface area contributed by atoms with E-state index in [-0.39, 0.29) is 12.1 Å². The summed E-state index contributed by atoms with van der Waals surface area (Å²) in [7, 11) is -3.01. The van der Waals surface area contributed by atoms with Gasteiger partial charge in [-0.05, 0) is 42.5 Å². The number of aromatic nitrogens is 1. The second-order valence-corrected chi connectivity index (χ2v) is 10.3. The van der Waals surface area contributed by atoms with Crippen molar-refractivity contribution in [3.05, 3.63) is 53.7 Å². The first-order chi connectivity index (χ1) is 14.6. The minimum absolute atomic E-state index is 0.153. The van der Waals surface area contributed by atoms with Crippen LogP contribution in [0.5, 0.6) is 11.6 Å². The maximum Gasteiger partial charge on any atom is 0.257 e. The van der Waals surface area contributed by atoms with Crippen molar-refractivity contribution in [2.24, 2.45) is 0 Å². The molecule has 2 aromatic rings. The van der Waals surface area contributed by atoms with Crippen LogP contribution in [0.2, 0.25) is 0 Å². The molecule has 2 fully saturated rings. The molecule has 0 amide bonds. The van der Waals surface area contributed by atoms with Crippen LogP contribution in [0.3, 0.4) is 0 Å². The smallest absolute Gasteiger partial charge is 0.257 e. The Morgan fingerprint density at radius 2 is 1.87 bits per heavy atom. The molecular formula is C22H27N3O4S. The zero-order valence-corrected chi connectivity index (χ0v) is 17.8. The van der Waals surface area contributed by atoms with E-state index in [2.05, 4.69) is 34.1 Å². The van der Waals surface area contributed by atoms with Gasteiger partial charge in [-0.2, -0.15) is 4.31 Å². The zero-order chi connectivity index (χ0) is 20.6. The molecule has 1 aromatic heterocycles. The van der Waals surface area contributed by atoms with Gasteiger partial charge in [0.15, 0.2) is 11.9 Å². The highest BCUT2D eigenvalue weighted by molar-refractivity contribution is 7.89. The predicted molar refractivity (Wildman–Crippen MR) is 113 cm³/mol. The summed E-state index contributed by atoms with van der Waals surface area (Å²) >= 11 is 0. The highest BCUT2D eigenvalue weighted by atomic mass is 32.2. The summed E-state index contributed by atoms with van der Waals surface area (Å²) < 4.78 is 37.8. The van der Waals surface area contributed by atoms with Gasteiger partial charge in [0, 0.05) is 38.4 Å². The molecule has 0 radical (unpaired) electrons. The van der Waals surface area contributed by atoms with Gasteiger partial charge in [-0.3, -0.25) is 4.90 Å². The van der Waals surface area contributed by atoms with Crippen LogP contribution in [0.4, 0.5) is 0 Å². The van der Waals surface area contributed by atoms with Crippen molar-refractivity contribution in [2.75, 3.05) is 32.0 Å². The fourth-order valence-electron chi connectivity index (χ4n) is 4.60. The molecular weight excluding hydrogens is 402 g/mol. The van der Waals surface area contributed by atoms with Crippen molar-refractivity contribution in [1.82, 2.24) is 14.2 Å². The number of ether oxygens (including phenoxy) is 2. The van der Waals surface area contributed by atoms with E-state index in [0.717, 1.165) is 44.5 Å². The summed E-state index contributed by atoms with van der Waals surface area (Å²) in [6, 6.07) is 12.4. The fourth-order valence-corrected chi connectivity index (χ4v) is 6.40. The molecule has 3 aliphatic rings. The Kier molecular flexibility index (Phi) is 5.39. The van der Waals surface area contributed by atoms with E-state index >= 15 is 0 Å². The molecule has 5 rings (SSSR count). The van der Waals surface area contributed by atoms with E-state index in [1.54, 1.807) is 10.5 Å². The molecule has 1 aromatic carbocycles. The molecule has 0 bridgehead atoms. The summed E-state index contributed by atoms with van der Waals surface area (Å²) in [6.45, 7) is 3.92. The van der Waals surface area contributed by atoms with E-state index in [0.29, 0.717) is 30.5 Å². The van der Waals surface area contributed by atoms with Gasteiger partial charge in [-0.15, -0.1) is 0 Å².